The van der Waals surface area contributed by atoms with Gasteiger partial charge in [0, 0.05) is 24.2 Å². The van der Waals surface area contributed by atoms with Crippen molar-refractivity contribution in [3.8, 4) is 0 Å². The molecule has 1 heterocycles. The minimum Gasteiger partial charge on any atom is -0.370 e. The predicted molar refractivity (Wildman–Crippen MR) is 108 cm³/mol. The van der Waals surface area contributed by atoms with Crippen LogP contribution < -0.4 is 10.6 Å². The Morgan fingerprint density at radius 3 is 2.61 bits per heavy atom. The van der Waals surface area contributed by atoms with Crippen LogP contribution in [-0.4, -0.2) is 22.4 Å². The van der Waals surface area contributed by atoms with E-state index in [0.29, 0.717) is 41.7 Å². The molecule has 3 rings (SSSR count). The van der Waals surface area contributed by atoms with Gasteiger partial charge in [-0.2, -0.15) is 0 Å². The molecule has 1 amide bonds. The molecule has 0 radical (unpaired) electrons. The molecule has 0 aliphatic rings. The molecule has 0 atom stereocenters. The molecular formula is C21H20ClFN4O. The average Bonchev–Trinajstić information content (AvgIpc) is 2.68. The van der Waals surface area contributed by atoms with Crippen LogP contribution in [0.4, 0.5) is 10.2 Å². The van der Waals surface area contributed by atoms with Crippen molar-refractivity contribution in [2.75, 3.05) is 11.9 Å². The van der Waals surface area contributed by atoms with E-state index in [9.17, 15) is 9.18 Å². The number of hydrogen-bond donors (Lipinski definition) is 2. The standard InChI is InChI=1S/C21H20ClFN4O/c1-14-26-19(21(28)25-13-15-6-8-17(22)9-7-15)12-20(27-14)24-11-10-16-4-2-3-5-18(16)23/h2-9,12H,10-11,13H2,1H3,(H,25,28)(H,24,26,27). The lowest BCUT2D eigenvalue weighted by atomic mass is 10.1. The van der Waals surface area contributed by atoms with Gasteiger partial charge in [0.15, 0.2) is 0 Å². The molecule has 5 nitrogen and oxygen atoms in total. The van der Waals surface area contributed by atoms with Crippen LogP contribution in [0.5, 0.6) is 0 Å². The maximum Gasteiger partial charge on any atom is 0.270 e. The lowest BCUT2D eigenvalue weighted by Gasteiger charge is -2.10. The van der Waals surface area contributed by atoms with Gasteiger partial charge in [-0.05, 0) is 42.7 Å². The van der Waals surface area contributed by atoms with Gasteiger partial charge in [-0.1, -0.05) is 41.9 Å². The summed E-state index contributed by atoms with van der Waals surface area (Å²) in [4.78, 5) is 20.9. The number of carbonyl (C=O) groups excluding carboxylic acids is 1. The predicted octanol–water partition coefficient (Wildman–Crippen LogP) is 4.16. The van der Waals surface area contributed by atoms with E-state index in [1.54, 1.807) is 43.3 Å². The lowest BCUT2D eigenvalue weighted by Crippen LogP contribution is -2.24. The number of aryl methyl sites for hydroxylation is 1. The quantitative estimate of drug-likeness (QED) is 0.627. The van der Waals surface area contributed by atoms with E-state index in [4.69, 9.17) is 11.6 Å². The Kier molecular flexibility index (Phi) is 6.55. The first kappa shape index (κ1) is 19.8. The molecule has 0 aliphatic heterocycles. The van der Waals surface area contributed by atoms with Crippen molar-refractivity contribution in [2.45, 2.75) is 19.9 Å². The zero-order chi connectivity index (χ0) is 19.9. The van der Waals surface area contributed by atoms with Crippen LogP contribution in [0.3, 0.4) is 0 Å². The maximum atomic E-state index is 13.7. The Bertz CT molecular complexity index is 963. The highest BCUT2D eigenvalue weighted by Crippen LogP contribution is 2.11. The summed E-state index contributed by atoms with van der Waals surface area (Å²) in [5.74, 6) is 0.482. The van der Waals surface area contributed by atoms with E-state index in [1.165, 1.54) is 6.07 Å². The Balaban J connectivity index is 1.59. The second-order valence-corrected chi connectivity index (χ2v) is 6.70. The second kappa shape index (κ2) is 9.28. The van der Waals surface area contributed by atoms with Gasteiger partial charge in [0.2, 0.25) is 0 Å². The van der Waals surface area contributed by atoms with Crippen molar-refractivity contribution in [2.24, 2.45) is 0 Å². The number of halogens is 2. The van der Waals surface area contributed by atoms with E-state index in [0.717, 1.165) is 5.56 Å². The Labute approximate surface area is 168 Å². The van der Waals surface area contributed by atoms with Gasteiger partial charge in [-0.15, -0.1) is 0 Å². The van der Waals surface area contributed by atoms with Crippen molar-refractivity contribution >= 4 is 23.3 Å². The summed E-state index contributed by atoms with van der Waals surface area (Å²) in [6.07, 6.45) is 0.508. The molecule has 7 heteroatoms. The topological polar surface area (TPSA) is 66.9 Å². The zero-order valence-electron chi connectivity index (χ0n) is 15.4. The molecule has 0 spiro atoms. The summed E-state index contributed by atoms with van der Waals surface area (Å²) in [7, 11) is 0. The molecule has 2 N–H and O–H groups in total. The SMILES string of the molecule is Cc1nc(NCCc2ccccc2F)cc(C(=O)NCc2ccc(Cl)cc2)n1. The summed E-state index contributed by atoms with van der Waals surface area (Å²) in [5, 5.41) is 6.60. The number of amides is 1. The number of aromatic nitrogens is 2. The summed E-state index contributed by atoms with van der Waals surface area (Å²) in [6.45, 7) is 2.58. The van der Waals surface area contributed by atoms with E-state index in [-0.39, 0.29) is 17.4 Å². The van der Waals surface area contributed by atoms with Crippen molar-refractivity contribution < 1.29 is 9.18 Å². The minimum absolute atomic E-state index is 0.231. The summed E-state index contributed by atoms with van der Waals surface area (Å²) >= 11 is 5.86. The summed E-state index contributed by atoms with van der Waals surface area (Å²) in [6, 6.07) is 15.5. The maximum absolute atomic E-state index is 13.7. The monoisotopic (exact) mass is 398 g/mol. The van der Waals surface area contributed by atoms with Gasteiger partial charge >= 0.3 is 0 Å². The van der Waals surface area contributed by atoms with Crippen LogP contribution in [0.2, 0.25) is 5.02 Å². The van der Waals surface area contributed by atoms with Gasteiger partial charge in [-0.25, -0.2) is 14.4 Å². The molecule has 0 saturated heterocycles. The van der Waals surface area contributed by atoms with Gasteiger partial charge in [-0.3, -0.25) is 4.79 Å². The van der Waals surface area contributed by atoms with E-state index in [2.05, 4.69) is 20.6 Å². The number of rotatable bonds is 7. The van der Waals surface area contributed by atoms with Crippen LogP contribution in [0.1, 0.15) is 27.4 Å². The van der Waals surface area contributed by atoms with Crippen molar-refractivity contribution in [1.29, 1.82) is 0 Å². The Morgan fingerprint density at radius 2 is 1.86 bits per heavy atom. The zero-order valence-corrected chi connectivity index (χ0v) is 16.1. The number of anilines is 1. The molecule has 0 bridgehead atoms. The normalized spacial score (nSPS) is 10.5. The van der Waals surface area contributed by atoms with Crippen molar-refractivity contribution in [3.05, 3.63) is 88.1 Å². The highest BCUT2D eigenvalue weighted by molar-refractivity contribution is 6.30. The van der Waals surface area contributed by atoms with E-state index in [1.807, 2.05) is 12.1 Å². The fraction of sp³-hybridized carbons (Fsp3) is 0.190. The molecule has 2 aromatic carbocycles. The molecule has 0 fully saturated rings. The fourth-order valence-electron chi connectivity index (χ4n) is 2.68. The summed E-state index contributed by atoms with van der Waals surface area (Å²) in [5.41, 5.74) is 1.84. The Hall–Kier alpha value is -2.99. The fourth-order valence-corrected chi connectivity index (χ4v) is 2.80. The number of nitrogens with zero attached hydrogens (tertiary/aromatic N) is 2. The smallest absolute Gasteiger partial charge is 0.270 e. The first-order valence-corrected chi connectivity index (χ1v) is 9.24. The van der Waals surface area contributed by atoms with Gasteiger partial charge in [0.05, 0.1) is 0 Å². The number of hydrogen-bond acceptors (Lipinski definition) is 4. The van der Waals surface area contributed by atoms with Crippen molar-refractivity contribution in [3.63, 3.8) is 0 Å². The van der Waals surface area contributed by atoms with Gasteiger partial charge < -0.3 is 10.6 Å². The highest BCUT2D eigenvalue weighted by atomic mass is 35.5. The number of carbonyl (C=O) groups is 1. The van der Waals surface area contributed by atoms with E-state index >= 15 is 0 Å². The average molecular weight is 399 g/mol. The van der Waals surface area contributed by atoms with Crippen LogP contribution in [0.15, 0.2) is 54.6 Å². The van der Waals surface area contributed by atoms with Crippen LogP contribution >= 0.6 is 11.6 Å². The molecule has 28 heavy (non-hydrogen) atoms. The first-order valence-electron chi connectivity index (χ1n) is 8.87. The first-order chi connectivity index (χ1) is 13.5. The molecule has 0 saturated carbocycles. The van der Waals surface area contributed by atoms with Gasteiger partial charge in [0.1, 0.15) is 23.2 Å². The van der Waals surface area contributed by atoms with Gasteiger partial charge in [0.25, 0.3) is 5.91 Å². The lowest BCUT2D eigenvalue weighted by molar-refractivity contribution is 0.0945. The molecule has 0 unspecified atom stereocenters. The largest absolute Gasteiger partial charge is 0.370 e. The molecule has 144 valence electrons. The molecule has 1 aromatic heterocycles. The van der Waals surface area contributed by atoms with Crippen LogP contribution in [0, 0.1) is 12.7 Å². The van der Waals surface area contributed by atoms with Crippen LogP contribution in [0.25, 0.3) is 0 Å². The third-order valence-corrected chi connectivity index (χ3v) is 4.35. The third-order valence-electron chi connectivity index (χ3n) is 4.10. The summed E-state index contributed by atoms with van der Waals surface area (Å²) < 4.78 is 13.7. The molecular weight excluding hydrogens is 379 g/mol. The van der Waals surface area contributed by atoms with Crippen molar-refractivity contribution in [1.82, 2.24) is 15.3 Å². The van der Waals surface area contributed by atoms with Crippen LogP contribution in [-0.2, 0) is 13.0 Å². The Morgan fingerprint density at radius 1 is 1.11 bits per heavy atom. The van der Waals surface area contributed by atoms with E-state index < -0.39 is 0 Å². The number of benzene rings is 2. The molecule has 3 aromatic rings. The third kappa shape index (κ3) is 5.50. The second-order valence-electron chi connectivity index (χ2n) is 6.26. The molecule has 0 aliphatic carbocycles. The number of nitrogens with one attached hydrogen (secondary N) is 2. The minimum atomic E-state index is -0.294. The highest BCUT2D eigenvalue weighted by Gasteiger charge is 2.11.